The van der Waals surface area contributed by atoms with E-state index in [0.29, 0.717) is 0 Å². The molecule has 0 radical (unpaired) electrons. The fourth-order valence-electron chi connectivity index (χ4n) is 2.24. The molecule has 0 bridgehead atoms. The molecular formula is C13H22IN2O2+. The third-order valence-electron chi connectivity index (χ3n) is 3.26. The number of rotatable bonds is 5. The predicted molar refractivity (Wildman–Crippen MR) is 81.5 cm³/mol. The monoisotopic (exact) mass is 365 g/mol. The van der Waals surface area contributed by atoms with Crippen molar-refractivity contribution in [3.63, 3.8) is 0 Å². The molecule has 3 N–H and O–H groups in total. The van der Waals surface area contributed by atoms with Crippen molar-refractivity contribution in [2.24, 2.45) is 0 Å². The number of anilines is 1. The van der Waals surface area contributed by atoms with Gasteiger partial charge in [0.25, 0.3) is 0 Å². The smallest absolute Gasteiger partial charge is 0.212 e. The fraction of sp³-hybridized carbons (Fsp3) is 0.538. The summed E-state index contributed by atoms with van der Waals surface area (Å²) in [6, 6.07) is 7.90. The number of nitrogens with zero attached hydrogens (tertiary/aromatic N) is 1. The molecule has 2 atom stereocenters. The number of hydrogen-bond donors (Lipinski definition) is 3. The molecule has 0 aliphatic rings. The summed E-state index contributed by atoms with van der Waals surface area (Å²) >= 11 is 2.24. The molecule has 0 aromatic heterocycles. The van der Waals surface area contributed by atoms with Crippen LogP contribution in [0.2, 0.25) is 0 Å². The van der Waals surface area contributed by atoms with Crippen LogP contribution in [0.5, 0.6) is 0 Å². The van der Waals surface area contributed by atoms with Gasteiger partial charge < -0.3 is 10.2 Å². The number of hydrogen-bond acceptors (Lipinski definition) is 3. The lowest BCUT2D eigenvalue weighted by atomic mass is 10.2. The summed E-state index contributed by atoms with van der Waals surface area (Å²) in [5.74, 6) is 0. The van der Waals surface area contributed by atoms with Gasteiger partial charge in [0.2, 0.25) is 12.5 Å². The lowest BCUT2D eigenvalue weighted by Gasteiger charge is -2.45. The zero-order chi connectivity index (χ0) is 13.9. The van der Waals surface area contributed by atoms with Gasteiger partial charge in [-0.25, -0.2) is 5.43 Å². The number of quaternary nitrogens is 1. The van der Waals surface area contributed by atoms with Crippen LogP contribution in [0.25, 0.3) is 0 Å². The highest BCUT2D eigenvalue weighted by Crippen LogP contribution is 2.24. The van der Waals surface area contributed by atoms with E-state index >= 15 is 0 Å². The number of benzene rings is 1. The second-order valence-corrected chi connectivity index (χ2v) is 6.06. The summed E-state index contributed by atoms with van der Waals surface area (Å²) < 4.78 is 1.16. The maximum atomic E-state index is 10.1. The lowest BCUT2D eigenvalue weighted by Crippen LogP contribution is -2.66. The molecule has 0 fully saturated rings. The lowest BCUT2D eigenvalue weighted by molar-refractivity contribution is -1.01. The third-order valence-corrected chi connectivity index (χ3v) is 3.98. The first-order chi connectivity index (χ1) is 8.30. The first-order valence-corrected chi connectivity index (χ1v) is 7.16. The van der Waals surface area contributed by atoms with Crippen molar-refractivity contribution >= 4 is 28.3 Å². The van der Waals surface area contributed by atoms with Crippen molar-refractivity contribution in [2.75, 3.05) is 5.43 Å². The van der Waals surface area contributed by atoms with Crippen molar-refractivity contribution < 1.29 is 14.8 Å². The van der Waals surface area contributed by atoms with Crippen LogP contribution >= 0.6 is 22.6 Å². The Labute approximate surface area is 122 Å². The first kappa shape index (κ1) is 15.7. The highest BCUT2D eigenvalue weighted by molar-refractivity contribution is 14.1. The summed E-state index contributed by atoms with van der Waals surface area (Å²) in [6.45, 7) is 7.32. The molecule has 0 aliphatic heterocycles. The van der Waals surface area contributed by atoms with Gasteiger partial charge in [0.05, 0.1) is 5.69 Å². The molecule has 0 heterocycles. The van der Waals surface area contributed by atoms with Crippen LogP contribution in [0.15, 0.2) is 24.3 Å². The van der Waals surface area contributed by atoms with Crippen LogP contribution < -0.4 is 5.43 Å². The van der Waals surface area contributed by atoms with E-state index in [1.54, 1.807) is 13.8 Å². The second-order valence-electron chi connectivity index (χ2n) is 4.81. The van der Waals surface area contributed by atoms with Gasteiger partial charge in [0.1, 0.15) is 6.04 Å². The zero-order valence-electron chi connectivity index (χ0n) is 11.3. The fourth-order valence-corrected chi connectivity index (χ4v) is 2.60. The van der Waals surface area contributed by atoms with E-state index in [1.165, 1.54) is 0 Å². The minimum absolute atomic E-state index is 0.0145. The highest BCUT2D eigenvalue weighted by Gasteiger charge is 2.42. The van der Waals surface area contributed by atoms with Crippen molar-refractivity contribution in [1.82, 2.24) is 0 Å². The van der Waals surface area contributed by atoms with Gasteiger partial charge in [0, 0.05) is 17.4 Å². The molecule has 1 rings (SSSR count). The molecule has 0 saturated carbocycles. The second kappa shape index (κ2) is 6.18. The average molecular weight is 365 g/mol. The normalized spacial score (nSPS) is 18.2. The molecular weight excluding hydrogens is 343 g/mol. The number of nitrogens with one attached hydrogen (secondary N) is 1. The predicted octanol–water partition coefficient (Wildman–Crippen LogP) is 2.52. The topological polar surface area (TPSA) is 52.5 Å². The summed E-state index contributed by atoms with van der Waals surface area (Å²) in [7, 11) is 0. The maximum absolute atomic E-state index is 10.1. The molecule has 0 amide bonds. The Morgan fingerprint density at radius 3 is 1.78 bits per heavy atom. The van der Waals surface area contributed by atoms with Gasteiger partial charge in [-0.2, -0.15) is 4.59 Å². The molecule has 4 nitrogen and oxygen atoms in total. The SMILES string of the molecule is CC(C)[N+](Nc1ccc(I)cc1)(C(C)O)C(C)O. The van der Waals surface area contributed by atoms with E-state index in [2.05, 4.69) is 28.0 Å². The van der Waals surface area contributed by atoms with Crippen molar-refractivity contribution in [1.29, 1.82) is 0 Å². The Morgan fingerprint density at radius 2 is 1.44 bits per heavy atom. The Bertz CT molecular complexity index is 355. The van der Waals surface area contributed by atoms with Gasteiger partial charge in [-0.05, 0) is 60.7 Å². The highest BCUT2D eigenvalue weighted by atomic mass is 127. The summed E-state index contributed by atoms with van der Waals surface area (Å²) in [4.78, 5) is 0. The number of aliphatic hydroxyl groups excluding tert-OH is 2. The van der Waals surface area contributed by atoms with Gasteiger partial charge in [-0.15, -0.1) is 0 Å². The van der Waals surface area contributed by atoms with Crippen LogP contribution in [-0.4, -0.2) is 33.3 Å². The molecule has 0 saturated heterocycles. The van der Waals surface area contributed by atoms with E-state index in [1.807, 2.05) is 38.1 Å². The van der Waals surface area contributed by atoms with Crippen LogP contribution in [-0.2, 0) is 0 Å². The first-order valence-electron chi connectivity index (χ1n) is 6.08. The van der Waals surface area contributed by atoms with E-state index in [4.69, 9.17) is 0 Å². The summed E-state index contributed by atoms with van der Waals surface area (Å²) in [5, 5.41) is 20.1. The van der Waals surface area contributed by atoms with Gasteiger partial charge in [0.15, 0.2) is 0 Å². The van der Waals surface area contributed by atoms with Crippen LogP contribution in [0.3, 0.4) is 0 Å². The Morgan fingerprint density at radius 1 is 1.00 bits per heavy atom. The zero-order valence-corrected chi connectivity index (χ0v) is 13.4. The summed E-state index contributed by atoms with van der Waals surface area (Å²) in [5.41, 5.74) is 4.13. The molecule has 0 spiro atoms. The van der Waals surface area contributed by atoms with Gasteiger partial charge in [-0.3, -0.25) is 0 Å². The molecule has 2 unspecified atom stereocenters. The quantitative estimate of drug-likeness (QED) is 0.325. The Balaban J connectivity index is 3.08. The molecule has 18 heavy (non-hydrogen) atoms. The maximum Gasteiger partial charge on any atom is 0.212 e. The van der Waals surface area contributed by atoms with Gasteiger partial charge >= 0.3 is 0 Å². The Kier molecular flexibility index (Phi) is 5.39. The molecule has 1 aromatic carbocycles. The van der Waals surface area contributed by atoms with Crippen molar-refractivity contribution in [2.45, 2.75) is 46.2 Å². The molecule has 5 heteroatoms. The minimum Gasteiger partial charge on any atom is -0.343 e. The molecule has 0 aliphatic carbocycles. The molecule has 102 valence electrons. The molecule has 1 aromatic rings. The standard InChI is InChI=1S/C13H22IN2O2/c1-9(2)16(10(3)17,11(4)18)15-13-7-5-12(14)6-8-13/h5-11,15,17-18H,1-4H3/q+1. The number of halogens is 1. The minimum atomic E-state index is -0.718. The van der Waals surface area contributed by atoms with Crippen molar-refractivity contribution in [3.8, 4) is 0 Å². The summed E-state index contributed by atoms with van der Waals surface area (Å²) in [6.07, 6.45) is -1.44. The van der Waals surface area contributed by atoms with E-state index < -0.39 is 12.5 Å². The largest absolute Gasteiger partial charge is 0.343 e. The van der Waals surface area contributed by atoms with E-state index in [9.17, 15) is 10.2 Å². The van der Waals surface area contributed by atoms with Crippen LogP contribution in [0.4, 0.5) is 5.69 Å². The van der Waals surface area contributed by atoms with Crippen LogP contribution in [0.1, 0.15) is 27.7 Å². The van der Waals surface area contributed by atoms with E-state index in [0.717, 1.165) is 9.26 Å². The van der Waals surface area contributed by atoms with Crippen molar-refractivity contribution in [3.05, 3.63) is 27.8 Å². The Hall–Kier alpha value is -0.370. The van der Waals surface area contributed by atoms with Crippen LogP contribution in [0, 0.1) is 3.57 Å². The number of aliphatic hydroxyl groups is 2. The van der Waals surface area contributed by atoms with E-state index in [-0.39, 0.29) is 10.6 Å². The average Bonchev–Trinajstić information content (AvgIpc) is 2.26. The van der Waals surface area contributed by atoms with Gasteiger partial charge in [-0.1, -0.05) is 0 Å². The third kappa shape index (κ3) is 3.14.